The second kappa shape index (κ2) is 7.50. The molecule has 1 saturated heterocycles. The standard InChI is InChI=1S/C19H26N2O4S/c1-14-5-6-16(10-15(14)2)21(18-7-9-26(24,25)13-18)19(23)11-20-8-3-4-17(20)12-22/h5-7,9-10,17-18,22H,3-4,8,11-13H2,1-2H3/t17-,18?/m0/s1. The Balaban J connectivity index is 1.88. The lowest BCUT2D eigenvalue weighted by molar-refractivity contribution is -0.120. The van der Waals surface area contributed by atoms with Crippen LogP contribution in [0.5, 0.6) is 0 Å². The number of carbonyl (C=O) groups is 1. The van der Waals surface area contributed by atoms with E-state index in [0.717, 1.165) is 30.5 Å². The molecule has 0 aromatic heterocycles. The normalized spacial score (nSPS) is 24.9. The number of benzene rings is 1. The largest absolute Gasteiger partial charge is 0.395 e. The minimum Gasteiger partial charge on any atom is -0.395 e. The summed E-state index contributed by atoms with van der Waals surface area (Å²) in [6, 6.07) is 5.25. The van der Waals surface area contributed by atoms with Gasteiger partial charge in [0.25, 0.3) is 0 Å². The first-order valence-electron chi connectivity index (χ1n) is 8.96. The number of nitrogens with zero attached hydrogens (tertiary/aromatic N) is 2. The predicted octanol–water partition coefficient (Wildman–Crippen LogP) is 1.40. The molecular formula is C19H26N2O4S. The van der Waals surface area contributed by atoms with Crippen LogP contribution < -0.4 is 4.90 Å². The number of hydrogen-bond acceptors (Lipinski definition) is 5. The molecule has 0 radical (unpaired) electrons. The van der Waals surface area contributed by atoms with Crippen molar-refractivity contribution in [1.29, 1.82) is 0 Å². The van der Waals surface area contributed by atoms with Gasteiger partial charge in [0.2, 0.25) is 5.91 Å². The Kier molecular flexibility index (Phi) is 5.50. The molecule has 1 N–H and O–H groups in total. The lowest BCUT2D eigenvalue weighted by atomic mass is 10.1. The lowest BCUT2D eigenvalue weighted by Crippen LogP contribution is -2.48. The van der Waals surface area contributed by atoms with Gasteiger partial charge in [0, 0.05) is 17.1 Å². The molecule has 2 heterocycles. The zero-order valence-corrected chi connectivity index (χ0v) is 16.1. The molecule has 2 aliphatic heterocycles. The van der Waals surface area contributed by atoms with Gasteiger partial charge < -0.3 is 10.0 Å². The molecule has 6 nitrogen and oxygen atoms in total. The van der Waals surface area contributed by atoms with Crippen LogP contribution in [0.1, 0.15) is 24.0 Å². The van der Waals surface area contributed by atoms with E-state index in [0.29, 0.717) is 5.69 Å². The van der Waals surface area contributed by atoms with Gasteiger partial charge >= 0.3 is 0 Å². The number of amides is 1. The second-order valence-corrected chi connectivity index (χ2v) is 9.14. The summed E-state index contributed by atoms with van der Waals surface area (Å²) in [5.74, 6) is -0.227. The van der Waals surface area contributed by atoms with E-state index in [1.807, 2.05) is 36.9 Å². The molecule has 7 heteroatoms. The van der Waals surface area contributed by atoms with Gasteiger partial charge in [-0.2, -0.15) is 0 Å². The van der Waals surface area contributed by atoms with Gasteiger partial charge in [0.15, 0.2) is 9.84 Å². The lowest BCUT2D eigenvalue weighted by Gasteiger charge is -2.31. The van der Waals surface area contributed by atoms with Crippen LogP contribution in [0.2, 0.25) is 0 Å². The van der Waals surface area contributed by atoms with Crippen LogP contribution in [0.3, 0.4) is 0 Å². The highest BCUT2D eigenvalue weighted by atomic mass is 32.2. The number of rotatable bonds is 5. The number of hydrogen-bond donors (Lipinski definition) is 1. The zero-order chi connectivity index (χ0) is 18.9. The van der Waals surface area contributed by atoms with Gasteiger partial charge in [-0.3, -0.25) is 9.69 Å². The van der Waals surface area contributed by atoms with E-state index in [2.05, 4.69) is 0 Å². The number of anilines is 1. The van der Waals surface area contributed by atoms with Crippen molar-refractivity contribution in [2.45, 2.75) is 38.8 Å². The van der Waals surface area contributed by atoms with Crippen molar-refractivity contribution in [1.82, 2.24) is 4.90 Å². The molecule has 0 saturated carbocycles. The molecule has 1 aromatic carbocycles. The first kappa shape index (κ1) is 19.1. The highest BCUT2D eigenvalue weighted by molar-refractivity contribution is 7.94. The third-order valence-corrected chi connectivity index (χ3v) is 6.71. The van der Waals surface area contributed by atoms with Crippen LogP contribution in [0.15, 0.2) is 29.7 Å². The van der Waals surface area contributed by atoms with E-state index in [4.69, 9.17) is 0 Å². The summed E-state index contributed by atoms with van der Waals surface area (Å²) in [5, 5.41) is 10.7. The topological polar surface area (TPSA) is 77.9 Å². The van der Waals surface area contributed by atoms with Gasteiger partial charge in [-0.25, -0.2) is 8.42 Å². The zero-order valence-electron chi connectivity index (χ0n) is 15.3. The monoisotopic (exact) mass is 378 g/mol. The number of carbonyl (C=O) groups excluding carboxylic acids is 1. The van der Waals surface area contributed by atoms with Crippen molar-refractivity contribution in [3.05, 3.63) is 40.8 Å². The van der Waals surface area contributed by atoms with E-state index >= 15 is 0 Å². The molecule has 142 valence electrons. The van der Waals surface area contributed by atoms with Gasteiger partial charge in [0.1, 0.15) is 0 Å². The molecule has 2 atom stereocenters. The Morgan fingerprint density at radius 1 is 1.31 bits per heavy atom. The molecular weight excluding hydrogens is 352 g/mol. The number of sulfone groups is 1. The number of aryl methyl sites for hydroxylation is 2. The van der Waals surface area contributed by atoms with Crippen LogP contribution >= 0.6 is 0 Å². The minimum absolute atomic E-state index is 0.00315. The maximum atomic E-state index is 13.1. The van der Waals surface area contributed by atoms with Gasteiger partial charge in [-0.05, 0) is 62.6 Å². The van der Waals surface area contributed by atoms with Crippen molar-refractivity contribution >= 4 is 21.4 Å². The van der Waals surface area contributed by atoms with E-state index in [9.17, 15) is 18.3 Å². The van der Waals surface area contributed by atoms with Crippen molar-refractivity contribution in [2.24, 2.45) is 0 Å². The van der Waals surface area contributed by atoms with E-state index in [-0.39, 0.29) is 30.9 Å². The quantitative estimate of drug-likeness (QED) is 0.838. The minimum atomic E-state index is -3.27. The van der Waals surface area contributed by atoms with Crippen LogP contribution in [-0.2, 0) is 14.6 Å². The fourth-order valence-electron chi connectivity index (χ4n) is 3.68. The second-order valence-electron chi connectivity index (χ2n) is 7.21. The average Bonchev–Trinajstić information content (AvgIpc) is 3.17. The molecule has 1 aromatic rings. The molecule has 0 aliphatic carbocycles. The third kappa shape index (κ3) is 4.00. The number of aliphatic hydroxyl groups is 1. The van der Waals surface area contributed by atoms with Crippen LogP contribution in [0, 0.1) is 13.8 Å². The Labute approximate surface area is 155 Å². The SMILES string of the molecule is Cc1ccc(N(C(=O)CN2CCC[C@H]2CO)C2C=CS(=O)(=O)C2)cc1C. The average molecular weight is 378 g/mol. The Morgan fingerprint density at radius 3 is 2.69 bits per heavy atom. The van der Waals surface area contributed by atoms with Crippen molar-refractivity contribution in [3.63, 3.8) is 0 Å². The van der Waals surface area contributed by atoms with Gasteiger partial charge in [-0.15, -0.1) is 0 Å². The number of aliphatic hydroxyl groups excluding tert-OH is 1. The summed E-state index contributed by atoms with van der Waals surface area (Å²) >= 11 is 0. The van der Waals surface area contributed by atoms with Crippen molar-refractivity contribution in [2.75, 3.05) is 30.3 Å². The Bertz CT molecular complexity index is 819. The Hall–Kier alpha value is -1.70. The molecule has 2 aliphatic rings. The van der Waals surface area contributed by atoms with Crippen LogP contribution in [0.4, 0.5) is 5.69 Å². The highest BCUT2D eigenvalue weighted by Crippen LogP contribution is 2.26. The first-order chi connectivity index (χ1) is 12.3. The summed E-state index contributed by atoms with van der Waals surface area (Å²) in [6.07, 6.45) is 3.43. The van der Waals surface area contributed by atoms with E-state index < -0.39 is 15.9 Å². The van der Waals surface area contributed by atoms with Gasteiger partial charge in [0.05, 0.1) is 24.9 Å². The summed E-state index contributed by atoms with van der Waals surface area (Å²) in [6.45, 7) is 4.97. The summed E-state index contributed by atoms with van der Waals surface area (Å²) in [4.78, 5) is 16.7. The fraction of sp³-hybridized carbons (Fsp3) is 0.526. The smallest absolute Gasteiger partial charge is 0.241 e. The summed E-state index contributed by atoms with van der Waals surface area (Å²) in [5.41, 5.74) is 2.89. The molecule has 1 unspecified atom stereocenters. The molecule has 1 fully saturated rings. The first-order valence-corrected chi connectivity index (χ1v) is 10.7. The Morgan fingerprint density at radius 2 is 2.08 bits per heavy atom. The van der Waals surface area contributed by atoms with Crippen molar-refractivity contribution in [3.8, 4) is 0 Å². The third-order valence-electron chi connectivity index (χ3n) is 5.33. The maximum absolute atomic E-state index is 13.1. The molecule has 1 amide bonds. The number of likely N-dealkylation sites (tertiary alicyclic amines) is 1. The summed E-state index contributed by atoms with van der Waals surface area (Å²) in [7, 11) is -3.27. The van der Waals surface area contributed by atoms with Gasteiger partial charge in [-0.1, -0.05) is 6.07 Å². The molecule has 26 heavy (non-hydrogen) atoms. The van der Waals surface area contributed by atoms with Crippen LogP contribution in [0.25, 0.3) is 0 Å². The molecule has 3 rings (SSSR count). The van der Waals surface area contributed by atoms with Crippen molar-refractivity contribution < 1.29 is 18.3 Å². The fourth-order valence-corrected chi connectivity index (χ4v) is 4.94. The van der Waals surface area contributed by atoms with Crippen LogP contribution in [-0.4, -0.2) is 61.9 Å². The van der Waals surface area contributed by atoms with E-state index in [1.54, 1.807) is 11.0 Å². The predicted molar refractivity (Wildman–Crippen MR) is 102 cm³/mol. The maximum Gasteiger partial charge on any atom is 0.241 e. The summed E-state index contributed by atoms with van der Waals surface area (Å²) < 4.78 is 23.8. The molecule has 0 spiro atoms. The molecule has 0 bridgehead atoms. The highest BCUT2D eigenvalue weighted by Gasteiger charge is 2.34. The van der Waals surface area contributed by atoms with E-state index in [1.165, 1.54) is 5.41 Å².